The molecule has 0 spiro atoms. The smallest absolute Gasteiger partial charge is 0.234 e. The van der Waals surface area contributed by atoms with Crippen LogP contribution < -0.4 is 5.32 Å². The van der Waals surface area contributed by atoms with Crippen LogP contribution in [0.2, 0.25) is 0 Å². The van der Waals surface area contributed by atoms with Gasteiger partial charge in [-0.05, 0) is 40.2 Å². The lowest BCUT2D eigenvalue weighted by Crippen LogP contribution is -2.14. The maximum absolute atomic E-state index is 12.1. The predicted molar refractivity (Wildman–Crippen MR) is 97.7 cm³/mol. The van der Waals surface area contributed by atoms with Crippen molar-refractivity contribution in [3.05, 3.63) is 53.1 Å². The Morgan fingerprint density at radius 2 is 2.00 bits per heavy atom. The monoisotopic (exact) mass is 403 g/mol. The summed E-state index contributed by atoms with van der Waals surface area (Å²) in [5.74, 6) is 0.814. The van der Waals surface area contributed by atoms with Crippen molar-refractivity contribution in [2.45, 2.75) is 5.16 Å². The van der Waals surface area contributed by atoms with E-state index in [0.717, 1.165) is 15.9 Å². The number of nitrogens with zero attached hydrogens (tertiary/aromatic N) is 4. The summed E-state index contributed by atoms with van der Waals surface area (Å²) in [6.07, 6.45) is 1.71. The zero-order valence-electron chi connectivity index (χ0n) is 12.8. The van der Waals surface area contributed by atoms with Gasteiger partial charge in [-0.15, -0.1) is 10.2 Å². The number of pyridine rings is 1. The molecule has 0 aliphatic heterocycles. The van der Waals surface area contributed by atoms with Crippen LogP contribution in [0.5, 0.6) is 0 Å². The molecule has 2 heterocycles. The lowest BCUT2D eigenvalue weighted by atomic mass is 10.3. The molecule has 3 rings (SSSR count). The molecule has 0 unspecified atom stereocenters. The number of hydrogen-bond acceptors (Lipinski definition) is 5. The van der Waals surface area contributed by atoms with Gasteiger partial charge in [-0.3, -0.25) is 9.78 Å². The van der Waals surface area contributed by atoms with Crippen molar-refractivity contribution in [1.29, 1.82) is 0 Å². The van der Waals surface area contributed by atoms with E-state index in [1.165, 1.54) is 11.8 Å². The predicted octanol–water partition coefficient (Wildman–Crippen LogP) is 3.37. The highest BCUT2D eigenvalue weighted by molar-refractivity contribution is 9.10. The molecule has 6 nitrogen and oxygen atoms in total. The van der Waals surface area contributed by atoms with Crippen LogP contribution >= 0.6 is 27.7 Å². The molecule has 1 aromatic carbocycles. The normalized spacial score (nSPS) is 10.6. The van der Waals surface area contributed by atoms with Gasteiger partial charge in [-0.25, -0.2) is 0 Å². The van der Waals surface area contributed by atoms with Gasteiger partial charge in [0.15, 0.2) is 11.0 Å². The van der Waals surface area contributed by atoms with Crippen LogP contribution in [0.3, 0.4) is 0 Å². The van der Waals surface area contributed by atoms with Gasteiger partial charge in [-0.2, -0.15) is 0 Å². The van der Waals surface area contributed by atoms with Crippen molar-refractivity contribution in [2.24, 2.45) is 7.05 Å². The molecular formula is C16H14BrN5OS. The number of carbonyl (C=O) groups excluding carboxylic acids is 1. The van der Waals surface area contributed by atoms with Crippen molar-refractivity contribution in [3.8, 4) is 11.5 Å². The number of anilines is 1. The fourth-order valence-electron chi connectivity index (χ4n) is 2.04. The van der Waals surface area contributed by atoms with Crippen LogP contribution in [0.15, 0.2) is 58.3 Å². The first-order chi connectivity index (χ1) is 11.6. The van der Waals surface area contributed by atoms with E-state index in [1.54, 1.807) is 6.20 Å². The van der Waals surface area contributed by atoms with E-state index < -0.39 is 0 Å². The number of amides is 1. The highest BCUT2D eigenvalue weighted by Crippen LogP contribution is 2.23. The zero-order valence-corrected chi connectivity index (χ0v) is 15.2. The van der Waals surface area contributed by atoms with Crippen molar-refractivity contribution >= 4 is 39.3 Å². The molecule has 2 aromatic heterocycles. The van der Waals surface area contributed by atoms with Crippen molar-refractivity contribution in [3.63, 3.8) is 0 Å². The van der Waals surface area contributed by atoms with Crippen LogP contribution in [0.1, 0.15) is 0 Å². The average Bonchev–Trinajstić information content (AvgIpc) is 2.97. The summed E-state index contributed by atoms with van der Waals surface area (Å²) in [5.41, 5.74) is 1.49. The van der Waals surface area contributed by atoms with E-state index in [2.05, 4.69) is 36.4 Å². The number of aromatic nitrogens is 4. The molecule has 0 saturated carbocycles. The fraction of sp³-hybridized carbons (Fsp3) is 0.125. The minimum absolute atomic E-state index is 0.103. The molecule has 0 saturated heterocycles. The number of para-hydroxylation sites is 1. The van der Waals surface area contributed by atoms with E-state index in [-0.39, 0.29) is 11.7 Å². The number of thioether (sulfide) groups is 1. The molecule has 1 amide bonds. The van der Waals surface area contributed by atoms with Crippen LogP contribution in [-0.4, -0.2) is 31.4 Å². The maximum atomic E-state index is 12.1. The van der Waals surface area contributed by atoms with E-state index in [1.807, 2.05) is 54.1 Å². The van der Waals surface area contributed by atoms with E-state index >= 15 is 0 Å². The standard InChI is InChI=1S/C16H14BrN5OS/c1-22-15(13-8-4-5-9-18-13)20-21-16(22)24-10-14(23)19-12-7-3-2-6-11(12)17/h2-9H,10H2,1H3,(H,19,23). The number of benzene rings is 1. The highest BCUT2D eigenvalue weighted by atomic mass is 79.9. The summed E-state index contributed by atoms with van der Waals surface area (Å²) < 4.78 is 2.68. The van der Waals surface area contributed by atoms with E-state index in [9.17, 15) is 4.79 Å². The van der Waals surface area contributed by atoms with Gasteiger partial charge >= 0.3 is 0 Å². The van der Waals surface area contributed by atoms with Crippen molar-refractivity contribution in [2.75, 3.05) is 11.1 Å². The summed E-state index contributed by atoms with van der Waals surface area (Å²) in [4.78, 5) is 16.4. The first kappa shape index (κ1) is 16.7. The quantitative estimate of drug-likeness (QED) is 0.661. The molecule has 0 bridgehead atoms. The number of carbonyl (C=O) groups is 1. The van der Waals surface area contributed by atoms with Gasteiger partial charge < -0.3 is 9.88 Å². The minimum Gasteiger partial charge on any atom is -0.324 e. The third kappa shape index (κ3) is 3.82. The molecule has 0 atom stereocenters. The Bertz CT molecular complexity index is 853. The average molecular weight is 404 g/mol. The van der Waals surface area contributed by atoms with Gasteiger partial charge in [0.2, 0.25) is 5.91 Å². The summed E-state index contributed by atoms with van der Waals surface area (Å²) >= 11 is 4.74. The van der Waals surface area contributed by atoms with Gasteiger partial charge in [-0.1, -0.05) is 30.0 Å². The third-order valence-electron chi connectivity index (χ3n) is 3.21. The number of nitrogens with one attached hydrogen (secondary N) is 1. The molecular weight excluding hydrogens is 390 g/mol. The molecule has 0 aliphatic carbocycles. The second-order valence-electron chi connectivity index (χ2n) is 4.90. The van der Waals surface area contributed by atoms with E-state index in [4.69, 9.17) is 0 Å². The summed E-state index contributed by atoms with van der Waals surface area (Å²) in [5, 5.41) is 11.8. The molecule has 0 radical (unpaired) electrons. The Morgan fingerprint density at radius 3 is 2.75 bits per heavy atom. The van der Waals surface area contributed by atoms with Crippen LogP contribution in [0.25, 0.3) is 11.5 Å². The largest absolute Gasteiger partial charge is 0.324 e. The minimum atomic E-state index is -0.103. The van der Waals surface area contributed by atoms with Gasteiger partial charge in [0, 0.05) is 17.7 Å². The van der Waals surface area contributed by atoms with Crippen molar-refractivity contribution in [1.82, 2.24) is 19.7 Å². The molecule has 3 aromatic rings. The molecule has 8 heteroatoms. The van der Waals surface area contributed by atoms with Gasteiger partial charge in [0.25, 0.3) is 0 Å². The Balaban J connectivity index is 1.64. The lowest BCUT2D eigenvalue weighted by Gasteiger charge is -2.07. The maximum Gasteiger partial charge on any atom is 0.234 e. The Hall–Kier alpha value is -2.19. The van der Waals surface area contributed by atoms with E-state index in [0.29, 0.717) is 11.0 Å². The zero-order chi connectivity index (χ0) is 16.9. The second-order valence-corrected chi connectivity index (χ2v) is 6.69. The Kier molecular flexibility index (Phi) is 5.27. The summed E-state index contributed by atoms with van der Waals surface area (Å²) in [7, 11) is 1.86. The molecule has 1 N–H and O–H groups in total. The number of halogens is 1. The topological polar surface area (TPSA) is 72.7 Å². The molecule has 0 fully saturated rings. The summed E-state index contributed by atoms with van der Waals surface area (Å²) in [6, 6.07) is 13.1. The third-order valence-corrected chi connectivity index (χ3v) is 4.92. The van der Waals surface area contributed by atoms with Crippen LogP contribution in [0.4, 0.5) is 5.69 Å². The SMILES string of the molecule is Cn1c(SCC(=O)Nc2ccccc2Br)nnc1-c1ccccn1. The van der Waals surface area contributed by atoms with Gasteiger partial charge in [0.1, 0.15) is 5.69 Å². The highest BCUT2D eigenvalue weighted by Gasteiger charge is 2.14. The Morgan fingerprint density at radius 1 is 1.21 bits per heavy atom. The number of hydrogen-bond donors (Lipinski definition) is 1. The second kappa shape index (κ2) is 7.59. The first-order valence-electron chi connectivity index (χ1n) is 7.13. The summed E-state index contributed by atoms with van der Waals surface area (Å²) in [6.45, 7) is 0. The van der Waals surface area contributed by atoms with Gasteiger partial charge in [0.05, 0.1) is 11.4 Å². The molecule has 24 heavy (non-hydrogen) atoms. The number of rotatable bonds is 5. The molecule has 122 valence electrons. The van der Waals surface area contributed by atoms with Crippen LogP contribution in [-0.2, 0) is 11.8 Å². The first-order valence-corrected chi connectivity index (χ1v) is 8.91. The Labute approximate surface area is 151 Å². The molecule has 0 aliphatic rings. The lowest BCUT2D eigenvalue weighted by molar-refractivity contribution is -0.113. The fourth-order valence-corrected chi connectivity index (χ4v) is 3.13. The van der Waals surface area contributed by atoms with Crippen LogP contribution in [0, 0.1) is 0 Å². The van der Waals surface area contributed by atoms with Crippen molar-refractivity contribution < 1.29 is 4.79 Å².